The van der Waals surface area contributed by atoms with Gasteiger partial charge in [-0.25, -0.2) is 4.79 Å². The first-order chi connectivity index (χ1) is 5.76. The molecule has 0 aromatic rings. The Balaban J connectivity index is 3.77. The van der Waals surface area contributed by atoms with Gasteiger partial charge in [0.25, 0.3) is 0 Å². The second-order valence-corrected chi connectivity index (χ2v) is 2.76. The van der Waals surface area contributed by atoms with Crippen molar-refractivity contribution >= 4 is 5.97 Å². The van der Waals surface area contributed by atoms with Crippen LogP contribution < -0.4 is 0 Å². The van der Waals surface area contributed by atoms with Crippen LogP contribution >= 0.6 is 0 Å². The Labute approximate surface area is 74.6 Å². The van der Waals surface area contributed by atoms with Crippen LogP contribution in [-0.2, 0) is 9.53 Å². The topological polar surface area (TPSA) is 26.3 Å². The summed E-state index contributed by atoms with van der Waals surface area (Å²) >= 11 is 0. The quantitative estimate of drug-likeness (QED) is 0.360. The molecule has 2 heteroatoms. The van der Waals surface area contributed by atoms with Crippen LogP contribution in [0, 0.1) is 0 Å². The lowest BCUT2D eigenvalue weighted by atomic mass is 10.1. The van der Waals surface area contributed by atoms with E-state index in [-0.39, 0.29) is 5.97 Å². The predicted octanol–water partition coefficient (Wildman–Crippen LogP) is 2.69. The van der Waals surface area contributed by atoms with Crippen molar-refractivity contribution in [2.75, 3.05) is 7.11 Å². The Bertz CT molecular complexity index is 159. The fourth-order valence-corrected chi connectivity index (χ4v) is 1.06. The van der Waals surface area contributed by atoms with Gasteiger partial charge in [0, 0.05) is 5.57 Å². The van der Waals surface area contributed by atoms with Crippen molar-refractivity contribution in [2.45, 2.75) is 39.5 Å². The molecular weight excluding hydrogens is 152 g/mol. The van der Waals surface area contributed by atoms with Crippen molar-refractivity contribution < 1.29 is 9.53 Å². The molecule has 0 spiro atoms. The number of carbonyl (C=O) groups excluding carboxylic acids is 1. The molecule has 0 aromatic carbocycles. The molecule has 0 heterocycles. The van der Waals surface area contributed by atoms with Crippen LogP contribution in [0.1, 0.15) is 39.5 Å². The van der Waals surface area contributed by atoms with Gasteiger partial charge in [-0.05, 0) is 19.8 Å². The van der Waals surface area contributed by atoms with Crippen molar-refractivity contribution in [3.63, 3.8) is 0 Å². The summed E-state index contributed by atoms with van der Waals surface area (Å²) in [6.45, 7) is 4.02. The molecule has 12 heavy (non-hydrogen) atoms. The third kappa shape index (κ3) is 4.16. The van der Waals surface area contributed by atoms with E-state index in [1.807, 2.05) is 13.0 Å². The maximum atomic E-state index is 11.0. The highest BCUT2D eigenvalue weighted by Gasteiger charge is 2.06. The van der Waals surface area contributed by atoms with Crippen LogP contribution in [0.25, 0.3) is 0 Å². The van der Waals surface area contributed by atoms with Crippen molar-refractivity contribution in [2.24, 2.45) is 0 Å². The molecule has 70 valence electrons. The Hall–Kier alpha value is -0.790. The number of rotatable bonds is 5. The first kappa shape index (κ1) is 11.2. The lowest BCUT2D eigenvalue weighted by Gasteiger charge is -2.03. The number of hydrogen-bond donors (Lipinski definition) is 0. The van der Waals surface area contributed by atoms with E-state index in [1.54, 1.807) is 0 Å². The highest BCUT2D eigenvalue weighted by molar-refractivity contribution is 5.88. The summed E-state index contributed by atoms with van der Waals surface area (Å²) in [6, 6.07) is 0. The number of hydrogen-bond acceptors (Lipinski definition) is 2. The van der Waals surface area contributed by atoms with Crippen LogP contribution in [0.4, 0.5) is 0 Å². The number of ether oxygens (including phenoxy) is 1. The molecule has 0 radical (unpaired) electrons. The van der Waals surface area contributed by atoms with Crippen LogP contribution in [0.5, 0.6) is 0 Å². The van der Waals surface area contributed by atoms with E-state index >= 15 is 0 Å². The summed E-state index contributed by atoms with van der Waals surface area (Å²) < 4.78 is 4.63. The van der Waals surface area contributed by atoms with Crippen molar-refractivity contribution in [3.05, 3.63) is 11.6 Å². The van der Waals surface area contributed by atoms with E-state index in [2.05, 4.69) is 11.7 Å². The lowest BCUT2D eigenvalue weighted by molar-refractivity contribution is -0.136. The second-order valence-electron chi connectivity index (χ2n) is 2.76. The molecule has 0 unspecified atom stereocenters. The Morgan fingerprint density at radius 1 is 1.42 bits per heavy atom. The molecule has 0 saturated carbocycles. The molecule has 0 aliphatic heterocycles. The molecule has 0 fully saturated rings. The number of unbranched alkanes of at least 4 members (excludes halogenated alkanes) is 2. The van der Waals surface area contributed by atoms with E-state index in [0.717, 1.165) is 18.4 Å². The molecule has 0 aromatic heterocycles. The van der Waals surface area contributed by atoms with Gasteiger partial charge in [-0.2, -0.15) is 0 Å². The normalized spacial score (nSPS) is 11.4. The first-order valence-corrected chi connectivity index (χ1v) is 4.49. The molecule has 2 nitrogen and oxygen atoms in total. The summed E-state index contributed by atoms with van der Waals surface area (Å²) in [6.07, 6.45) is 6.11. The predicted molar refractivity (Wildman–Crippen MR) is 49.9 cm³/mol. The smallest absolute Gasteiger partial charge is 0.333 e. The zero-order chi connectivity index (χ0) is 9.40. The summed E-state index contributed by atoms with van der Waals surface area (Å²) in [4.78, 5) is 11.0. The SMILES string of the molecule is C/C=C(\CCCCC)C(=O)OC. The van der Waals surface area contributed by atoms with Gasteiger partial charge in [-0.3, -0.25) is 0 Å². The van der Waals surface area contributed by atoms with Crippen molar-refractivity contribution in [1.29, 1.82) is 0 Å². The maximum absolute atomic E-state index is 11.0. The molecule has 0 saturated heterocycles. The van der Waals surface area contributed by atoms with Crippen LogP contribution in [0.3, 0.4) is 0 Å². The van der Waals surface area contributed by atoms with Crippen LogP contribution in [0.15, 0.2) is 11.6 Å². The zero-order valence-electron chi connectivity index (χ0n) is 8.22. The third-order valence-electron chi connectivity index (χ3n) is 1.85. The number of methoxy groups -OCH3 is 1. The van der Waals surface area contributed by atoms with Gasteiger partial charge in [0.15, 0.2) is 0 Å². The minimum atomic E-state index is -0.186. The Morgan fingerprint density at radius 3 is 2.50 bits per heavy atom. The minimum Gasteiger partial charge on any atom is -0.466 e. The maximum Gasteiger partial charge on any atom is 0.333 e. The molecular formula is C10H18O2. The lowest BCUT2D eigenvalue weighted by Crippen LogP contribution is -2.04. The largest absolute Gasteiger partial charge is 0.466 e. The van der Waals surface area contributed by atoms with Crippen molar-refractivity contribution in [3.8, 4) is 0 Å². The van der Waals surface area contributed by atoms with Crippen LogP contribution in [0.2, 0.25) is 0 Å². The third-order valence-corrected chi connectivity index (χ3v) is 1.85. The molecule has 0 bridgehead atoms. The zero-order valence-corrected chi connectivity index (χ0v) is 8.22. The van der Waals surface area contributed by atoms with Gasteiger partial charge < -0.3 is 4.74 Å². The summed E-state index contributed by atoms with van der Waals surface area (Å²) in [7, 11) is 1.42. The summed E-state index contributed by atoms with van der Waals surface area (Å²) in [5, 5.41) is 0. The van der Waals surface area contributed by atoms with Gasteiger partial charge >= 0.3 is 5.97 Å². The molecule has 0 N–H and O–H groups in total. The highest BCUT2D eigenvalue weighted by Crippen LogP contribution is 2.09. The van der Waals surface area contributed by atoms with E-state index in [9.17, 15) is 4.79 Å². The van der Waals surface area contributed by atoms with E-state index in [0.29, 0.717) is 0 Å². The average molecular weight is 170 g/mol. The van der Waals surface area contributed by atoms with Gasteiger partial charge in [0.05, 0.1) is 7.11 Å². The van der Waals surface area contributed by atoms with Crippen LogP contribution in [-0.4, -0.2) is 13.1 Å². The average Bonchev–Trinajstić information content (AvgIpc) is 2.11. The standard InChI is InChI=1S/C10H18O2/c1-4-6-7-8-9(5-2)10(11)12-3/h5H,4,6-8H2,1-3H3/b9-5+. The van der Waals surface area contributed by atoms with Gasteiger partial charge in [0.1, 0.15) is 0 Å². The van der Waals surface area contributed by atoms with Gasteiger partial charge in [-0.15, -0.1) is 0 Å². The number of esters is 1. The van der Waals surface area contributed by atoms with Crippen molar-refractivity contribution in [1.82, 2.24) is 0 Å². The summed E-state index contributed by atoms with van der Waals surface area (Å²) in [5.41, 5.74) is 0.797. The molecule has 0 aliphatic carbocycles. The minimum absolute atomic E-state index is 0.186. The Morgan fingerprint density at radius 2 is 2.08 bits per heavy atom. The molecule has 0 amide bonds. The Kier molecular flexibility index (Phi) is 6.44. The molecule has 0 rings (SSSR count). The number of allylic oxidation sites excluding steroid dienone is 1. The van der Waals surface area contributed by atoms with E-state index in [1.165, 1.54) is 20.0 Å². The fraction of sp³-hybridized carbons (Fsp3) is 0.700. The van der Waals surface area contributed by atoms with E-state index in [4.69, 9.17) is 0 Å². The first-order valence-electron chi connectivity index (χ1n) is 4.49. The van der Waals surface area contributed by atoms with E-state index < -0.39 is 0 Å². The molecule has 0 atom stereocenters. The monoisotopic (exact) mass is 170 g/mol. The molecule has 0 aliphatic rings. The van der Waals surface area contributed by atoms with Gasteiger partial charge in [-0.1, -0.05) is 25.8 Å². The second kappa shape index (κ2) is 6.89. The fourth-order valence-electron chi connectivity index (χ4n) is 1.06. The van der Waals surface area contributed by atoms with Gasteiger partial charge in [0.2, 0.25) is 0 Å². The summed E-state index contributed by atoms with van der Waals surface area (Å²) in [5.74, 6) is -0.186. The number of carbonyl (C=O) groups is 1. The highest BCUT2D eigenvalue weighted by atomic mass is 16.5.